The number of nitrogens with one attached hydrogen (secondary N) is 1. The molecule has 5 heteroatoms. The maximum atomic E-state index is 12.2. The van der Waals surface area contributed by atoms with Crippen LogP contribution in [-0.2, 0) is 6.54 Å². The summed E-state index contributed by atoms with van der Waals surface area (Å²) in [7, 11) is 0. The number of benzene rings is 2. The van der Waals surface area contributed by atoms with Crippen molar-refractivity contribution < 1.29 is 9.53 Å². The number of ether oxygens (including phenoxy) is 1. The fourth-order valence-electron chi connectivity index (χ4n) is 3.10. The Kier molecular flexibility index (Phi) is 6.92. The van der Waals surface area contributed by atoms with Crippen LogP contribution < -0.4 is 10.1 Å². The molecule has 26 heavy (non-hydrogen) atoms. The van der Waals surface area contributed by atoms with Gasteiger partial charge < -0.3 is 10.1 Å². The molecule has 2 aromatic rings. The van der Waals surface area contributed by atoms with Crippen LogP contribution in [-0.4, -0.2) is 37.0 Å². The van der Waals surface area contributed by atoms with Crippen LogP contribution in [0.25, 0.3) is 0 Å². The quantitative estimate of drug-likeness (QED) is 0.743. The molecule has 2 aromatic carbocycles. The number of carbonyl (C=O) groups is 1. The third-order valence-electron chi connectivity index (χ3n) is 4.54. The first-order valence-corrected chi connectivity index (χ1v) is 9.56. The van der Waals surface area contributed by atoms with Gasteiger partial charge in [-0.05, 0) is 67.9 Å². The molecule has 0 bridgehead atoms. The lowest BCUT2D eigenvalue weighted by Crippen LogP contribution is -2.29. The third-order valence-corrected chi connectivity index (χ3v) is 4.79. The van der Waals surface area contributed by atoms with Crippen LogP contribution in [0.3, 0.4) is 0 Å². The van der Waals surface area contributed by atoms with Gasteiger partial charge in [0.05, 0.1) is 6.54 Å². The summed E-state index contributed by atoms with van der Waals surface area (Å²) in [6.07, 6.45) is 3.93. The summed E-state index contributed by atoms with van der Waals surface area (Å²) in [5.41, 5.74) is 1.94. The van der Waals surface area contributed by atoms with Crippen LogP contribution in [0.15, 0.2) is 48.5 Å². The van der Waals surface area contributed by atoms with E-state index in [2.05, 4.69) is 10.2 Å². The van der Waals surface area contributed by atoms with E-state index in [0.29, 0.717) is 23.7 Å². The molecule has 1 fully saturated rings. The minimum absolute atomic E-state index is 0.0748. The summed E-state index contributed by atoms with van der Waals surface area (Å²) in [6.45, 7) is 4.19. The van der Waals surface area contributed by atoms with Crippen LogP contribution in [0.5, 0.6) is 5.75 Å². The fraction of sp³-hybridized carbons (Fsp3) is 0.381. The Labute approximate surface area is 160 Å². The summed E-state index contributed by atoms with van der Waals surface area (Å²) in [5.74, 6) is 0.667. The van der Waals surface area contributed by atoms with E-state index in [-0.39, 0.29) is 5.91 Å². The van der Waals surface area contributed by atoms with E-state index < -0.39 is 0 Å². The van der Waals surface area contributed by atoms with Gasteiger partial charge in [-0.2, -0.15) is 0 Å². The first-order chi connectivity index (χ1) is 12.7. The van der Waals surface area contributed by atoms with Crippen LogP contribution in [0, 0.1) is 0 Å². The molecule has 1 heterocycles. The van der Waals surface area contributed by atoms with Gasteiger partial charge in [0.25, 0.3) is 5.91 Å². The van der Waals surface area contributed by atoms with Gasteiger partial charge in [0, 0.05) is 17.1 Å². The van der Waals surface area contributed by atoms with Gasteiger partial charge in [0.2, 0.25) is 0 Å². The number of hydrogen-bond acceptors (Lipinski definition) is 3. The molecule has 138 valence electrons. The summed E-state index contributed by atoms with van der Waals surface area (Å²) in [6, 6.07) is 15.1. The molecule has 3 rings (SSSR count). The largest absolute Gasteiger partial charge is 0.492 e. The number of hydrogen-bond donors (Lipinski definition) is 1. The molecule has 0 aliphatic carbocycles. The Morgan fingerprint density at radius 1 is 1.00 bits per heavy atom. The highest BCUT2D eigenvalue weighted by Crippen LogP contribution is 2.15. The Hall–Kier alpha value is -2.04. The van der Waals surface area contributed by atoms with E-state index in [4.69, 9.17) is 16.3 Å². The molecule has 1 aliphatic rings. The van der Waals surface area contributed by atoms with Crippen molar-refractivity contribution in [3.63, 3.8) is 0 Å². The molecular formula is C21H25ClN2O2. The number of likely N-dealkylation sites (tertiary alicyclic amines) is 1. The second-order valence-electron chi connectivity index (χ2n) is 6.59. The lowest BCUT2D eigenvalue weighted by atomic mass is 10.1. The summed E-state index contributed by atoms with van der Waals surface area (Å²) < 4.78 is 5.57. The zero-order valence-electron chi connectivity index (χ0n) is 14.9. The molecule has 1 amide bonds. The van der Waals surface area contributed by atoms with Crippen LogP contribution in [0.2, 0.25) is 5.02 Å². The lowest BCUT2D eigenvalue weighted by Gasteiger charge is -2.26. The van der Waals surface area contributed by atoms with Crippen molar-refractivity contribution in [2.45, 2.75) is 25.8 Å². The molecule has 0 atom stereocenters. The minimum atomic E-state index is -0.0748. The second-order valence-corrected chi connectivity index (χ2v) is 7.03. The zero-order chi connectivity index (χ0) is 18.2. The number of halogens is 1. The number of carbonyl (C=O) groups excluding carboxylic acids is 1. The maximum absolute atomic E-state index is 12.2. The van der Waals surface area contributed by atoms with Crippen molar-refractivity contribution in [3.05, 3.63) is 64.7 Å². The molecule has 4 nitrogen and oxygen atoms in total. The zero-order valence-corrected chi connectivity index (χ0v) is 15.7. The SMILES string of the molecule is O=C(NCCOc1ccc(Cl)cc1)c1ccc(CN2CCCCC2)cc1. The van der Waals surface area contributed by atoms with Gasteiger partial charge in [-0.15, -0.1) is 0 Å². The monoisotopic (exact) mass is 372 g/mol. The Balaban J connectivity index is 1.40. The van der Waals surface area contributed by atoms with Crippen LogP contribution >= 0.6 is 11.6 Å². The molecule has 1 aliphatic heterocycles. The molecule has 1 saturated heterocycles. The van der Waals surface area contributed by atoms with Gasteiger partial charge in [0.15, 0.2) is 0 Å². The summed E-state index contributed by atoms with van der Waals surface area (Å²) in [5, 5.41) is 3.56. The first-order valence-electron chi connectivity index (χ1n) is 9.18. The normalized spacial score (nSPS) is 14.8. The molecular weight excluding hydrogens is 348 g/mol. The smallest absolute Gasteiger partial charge is 0.251 e. The van der Waals surface area contributed by atoms with E-state index in [0.717, 1.165) is 12.3 Å². The highest BCUT2D eigenvalue weighted by atomic mass is 35.5. The third kappa shape index (κ3) is 5.75. The van der Waals surface area contributed by atoms with Crippen LogP contribution in [0.1, 0.15) is 35.2 Å². The predicted octanol–water partition coefficient (Wildman–Crippen LogP) is 4.13. The van der Waals surface area contributed by atoms with E-state index in [1.54, 1.807) is 12.1 Å². The molecule has 0 saturated carbocycles. The van der Waals surface area contributed by atoms with Gasteiger partial charge in [-0.25, -0.2) is 0 Å². The number of rotatable bonds is 7. The topological polar surface area (TPSA) is 41.6 Å². The predicted molar refractivity (Wildman–Crippen MR) is 105 cm³/mol. The fourth-order valence-corrected chi connectivity index (χ4v) is 3.23. The van der Waals surface area contributed by atoms with E-state index in [9.17, 15) is 4.79 Å². The van der Waals surface area contributed by atoms with Crippen molar-refractivity contribution in [1.82, 2.24) is 10.2 Å². The molecule has 0 unspecified atom stereocenters. The van der Waals surface area contributed by atoms with E-state index >= 15 is 0 Å². The summed E-state index contributed by atoms with van der Waals surface area (Å²) >= 11 is 5.83. The Bertz CT molecular complexity index is 695. The summed E-state index contributed by atoms with van der Waals surface area (Å²) in [4.78, 5) is 14.7. The molecule has 1 N–H and O–H groups in total. The van der Waals surface area contributed by atoms with Crippen molar-refractivity contribution >= 4 is 17.5 Å². The van der Waals surface area contributed by atoms with E-state index in [1.807, 2.05) is 36.4 Å². The van der Waals surface area contributed by atoms with Gasteiger partial charge >= 0.3 is 0 Å². The average molecular weight is 373 g/mol. The second kappa shape index (κ2) is 9.60. The van der Waals surface area contributed by atoms with Crippen molar-refractivity contribution in [3.8, 4) is 5.75 Å². The average Bonchev–Trinajstić information content (AvgIpc) is 2.68. The van der Waals surface area contributed by atoms with Gasteiger partial charge in [-0.3, -0.25) is 9.69 Å². The van der Waals surface area contributed by atoms with Crippen LogP contribution in [0.4, 0.5) is 0 Å². The highest BCUT2D eigenvalue weighted by molar-refractivity contribution is 6.30. The van der Waals surface area contributed by atoms with Gasteiger partial charge in [-0.1, -0.05) is 30.2 Å². The number of nitrogens with zero attached hydrogens (tertiary/aromatic N) is 1. The van der Waals surface area contributed by atoms with E-state index in [1.165, 1.54) is 37.9 Å². The Morgan fingerprint density at radius 2 is 1.69 bits per heavy atom. The van der Waals surface area contributed by atoms with Crippen molar-refractivity contribution in [2.24, 2.45) is 0 Å². The molecule has 0 radical (unpaired) electrons. The number of amides is 1. The molecule has 0 aromatic heterocycles. The highest BCUT2D eigenvalue weighted by Gasteiger charge is 2.11. The standard InChI is InChI=1S/C21H25ClN2O2/c22-19-8-10-20(11-9-19)26-15-12-23-21(25)18-6-4-17(5-7-18)16-24-13-2-1-3-14-24/h4-11H,1-3,12-16H2,(H,23,25). The first kappa shape index (κ1) is 18.7. The van der Waals surface area contributed by atoms with Gasteiger partial charge in [0.1, 0.15) is 12.4 Å². The Morgan fingerprint density at radius 3 is 2.38 bits per heavy atom. The lowest BCUT2D eigenvalue weighted by molar-refractivity contribution is 0.0947. The van der Waals surface area contributed by atoms with Crippen molar-refractivity contribution in [1.29, 1.82) is 0 Å². The number of piperidine rings is 1. The minimum Gasteiger partial charge on any atom is -0.492 e. The molecule has 0 spiro atoms. The van der Waals surface area contributed by atoms with Crippen molar-refractivity contribution in [2.75, 3.05) is 26.2 Å². The maximum Gasteiger partial charge on any atom is 0.251 e.